The van der Waals surface area contributed by atoms with Crippen LogP contribution in [0.25, 0.3) is 0 Å². The molecule has 2 rings (SSSR count). The maximum absolute atomic E-state index is 11.4. The van der Waals surface area contributed by atoms with Crippen LogP contribution in [0.15, 0.2) is 18.2 Å². The van der Waals surface area contributed by atoms with Crippen molar-refractivity contribution in [3.8, 4) is 5.75 Å². The highest BCUT2D eigenvalue weighted by Crippen LogP contribution is 2.18. The molecule has 0 radical (unpaired) electrons. The van der Waals surface area contributed by atoms with E-state index in [1.165, 1.54) is 0 Å². The number of hydrogen-bond donors (Lipinski definition) is 1. The Kier molecular flexibility index (Phi) is 3.81. The van der Waals surface area contributed by atoms with Gasteiger partial charge in [0.05, 0.1) is 6.61 Å². The van der Waals surface area contributed by atoms with Gasteiger partial charge in [0.15, 0.2) is 5.78 Å². The molecule has 0 bridgehead atoms. The van der Waals surface area contributed by atoms with E-state index in [1.807, 2.05) is 19.1 Å². The van der Waals surface area contributed by atoms with Gasteiger partial charge in [-0.15, -0.1) is 0 Å². The van der Waals surface area contributed by atoms with Crippen LogP contribution in [-0.2, 0) is 16.1 Å². The summed E-state index contributed by atoms with van der Waals surface area (Å²) in [6.07, 6.45) is 1.34. The van der Waals surface area contributed by atoms with Gasteiger partial charge < -0.3 is 14.4 Å². The Morgan fingerprint density at radius 3 is 3.18 bits per heavy atom. The minimum atomic E-state index is -0.942. The van der Waals surface area contributed by atoms with E-state index in [4.69, 9.17) is 9.39 Å². The van der Waals surface area contributed by atoms with Gasteiger partial charge in [0.2, 0.25) is 0 Å². The van der Waals surface area contributed by atoms with Crippen LogP contribution in [0.5, 0.6) is 5.75 Å². The summed E-state index contributed by atoms with van der Waals surface area (Å²) in [5, 5.41) is 9.64. The molecule has 1 N–H and O–H groups in total. The fourth-order valence-corrected chi connectivity index (χ4v) is 1.88. The molecule has 0 saturated carbocycles. The largest absolute Gasteiger partial charge is 0.495 e. The molecular weight excluding hydrogens is 219 g/mol. The minimum absolute atomic E-state index is 0.0526. The van der Waals surface area contributed by atoms with Crippen molar-refractivity contribution in [1.82, 2.24) is 0 Å². The highest BCUT2D eigenvalue weighted by Gasteiger charge is 2.30. The quantitative estimate of drug-likeness (QED) is 0.760. The molecular formula is C12H15BO4. The first-order valence-corrected chi connectivity index (χ1v) is 5.78. The van der Waals surface area contributed by atoms with E-state index in [2.05, 4.69) is 0 Å². The predicted octanol–water partition coefficient (Wildman–Crippen LogP) is 0.652. The van der Waals surface area contributed by atoms with Gasteiger partial charge in [-0.2, -0.15) is 0 Å². The van der Waals surface area contributed by atoms with Crippen molar-refractivity contribution in [2.75, 3.05) is 6.61 Å². The number of ketones is 1. The highest BCUT2D eigenvalue weighted by molar-refractivity contribution is 6.62. The summed E-state index contributed by atoms with van der Waals surface area (Å²) in [6, 6.07) is 5.46. The molecule has 5 heteroatoms. The Bertz CT molecular complexity index is 419. The van der Waals surface area contributed by atoms with E-state index in [1.54, 1.807) is 6.07 Å². The molecule has 4 nitrogen and oxygen atoms in total. The molecule has 17 heavy (non-hydrogen) atoms. The van der Waals surface area contributed by atoms with Crippen LogP contribution in [-0.4, -0.2) is 24.5 Å². The van der Waals surface area contributed by atoms with Crippen molar-refractivity contribution in [1.29, 1.82) is 0 Å². The fraction of sp³-hybridized carbons (Fsp3) is 0.417. The average Bonchev–Trinajstić information content (AvgIpc) is 2.70. The lowest BCUT2D eigenvalue weighted by Crippen LogP contribution is -2.30. The summed E-state index contributed by atoms with van der Waals surface area (Å²) in [5.41, 5.74) is 1.56. The van der Waals surface area contributed by atoms with Gasteiger partial charge in [-0.1, -0.05) is 19.1 Å². The Morgan fingerprint density at radius 2 is 2.41 bits per heavy atom. The van der Waals surface area contributed by atoms with E-state index in [-0.39, 0.29) is 12.4 Å². The number of fused-ring (bicyclic) bond motifs is 1. The van der Waals surface area contributed by atoms with Gasteiger partial charge in [-0.3, -0.25) is 4.79 Å². The zero-order valence-electron chi connectivity index (χ0n) is 9.81. The molecule has 1 aliphatic heterocycles. The first kappa shape index (κ1) is 12.1. The Labute approximate surface area is 101 Å². The Hall–Kier alpha value is -1.33. The van der Waals surface area contributed by atoms with Crippen molar-refractivity contribution >= 4 is 18.4 Å². The standard InChI is InChI=1S/C12H15BO4/c1-2-4-10(14)8-16-11-6-3-5-9-7-17-13(15)12(9)11/h3,5-6,15H,2,4,7-8H2,1H3. The van der Waals surface area contributed by atoms with Crippen LogP contribution >= 0.6 is 0 Å². The molecule has 1 aromatic rings. The molecule has 0 aliphatic carbocycles. The molecule has 0 saturated heterocycles. The maximum atomic E-state index is 11.4. The lowest BCUT2D eigenvalue weighted by molar-refractivity contribution is -0.121. The number of carbonyl (C=O) groups is 1. The Morgan fingerprint density at radius 1 is 1.59 bits per heavy atom. The molecule has 0 unspecified atom stereocenters. The van der Waals surface area contributed by atoms with E-state index in [0.717, 1.165) is 12.0 Å². The van der Waals surface area contributed by atoms with Gasteiger partial charge >= 0.3 is 7.12 Å². The molecule has 1 heterocycles. The third-order valence-corrected chi connectivity index (χ3v) is 2.72. The predicted molar refractivity (Wildman–Crippen MR) is 64.2 cm³/mol. The fourth-order valence-electron chi connectivity index (χ4n) is 1.88. The van der Waals surface area contributed by atoms with Crippen molar-refractivity contribution in [3.05, 3.63) is 23.8 Å². The van der Waals surface area contributed by atoms with Gasteiger partial charge in [-0.05, 0) is 18.1 Å². The van der Waals surface area contributed by atoms with Gasteiger partial charge in [0, 0.05) is 11.9 Å². The SMILES string of the molecule is CCCC(=O)COc1cccc2c1B(O)OC2. The van der Waals surface area contributed by atoms with E-state index in [9.17, 15) is 9.82 Å². The number of carbonyl (C=O) groups excluding carboxylic acids is 1. The molecule has 1 aromatic carbocycles. The van der Waals surface area contributed by atoms with Crippen molar-refractivity contribution in [2.45, 2.75) is 26.4 Å². The average molecular weight is 234 g/mol. The van der Waals surface area contributed by atoms with E-state index in [0.29, 0.717) is 24.2 Å². The molecule has 1 aliphatic rings. The number of rotatable bonds is 5. The first-order chi connectivity index (χ1) is 8.22. The third-order valence-electron chi connectivity index (χ3n) is 2.72. The first-order valence-electron chi connectivity index (χ1n) is 5.78. The summed E-state index contributed by atoms with van der Waals surface area (Å²) in [7, 11) is -0.942. The van der Waals surface area contributed by atoms with Crippen molar-refractivity contribution < 1.29 is 19.2 Å². The van der Waals surface area contributed by atoms with Crippen LogP contribution in [0.2, 0.25) is 0 Å². The number of benzene rings is 1. The normalized spacial score (nSPS) is 13.6. The molecule has 0 aromatic heterocycles. The Balaban J connectivity index is 2.07. The topological polar surface area (TPSA) is 55.8 Å². The van der Waals surface area contributed by atoms with Crippen LogP contribution in [0, 0.1) is 0 Å². The second-order valence-corrected chi connectivity index (χ2v) is 4.07. The molecule has 0 amide bonds. The maximum Gasteiger partial charge on any atom is 0.495 e. The summed E-state index contributed by atoms with van der Waals surface area (Å²) >= 11 is 0. The number of ether oxygens (including phenoxy) is 1. The van der Waals surface area contributed by atoms with E-state index < -0.39 is 7.12 Å². The van der Waals surface area contributed by atoms with Crippen LogP contribution in [0.1, 0.15) is 25.3 Å². The zero-order valence-corrected chi connectivity index (χ0v) is 9.81. The van der Waals surface area contributed by atoms with E-state index >= 15 is 0 Å². The lowest BCUT2D eigenvalue weighted by atomic mass is 9.79. The van der Waals surface area contributed by atoms with Crippen LogP contribution in [0.3, 0.4) is 0 Å². The second-order valence-electron chi connectivity index (χ2n) is 4.07. The van der Waals surface area contributed by atoms with Crippen LogP contribution in [0.4, 0.5) is 0 Å². The summed E-state index contributed by atoms with van der Waals surface area (Å²) in [4.78, 5) is 11.4. The summed E-state index contributed by atoms with van der Waals surface area (Å²) in [5.74, 6) is 0.607. The molecule has 90 valence electrons. The highest BCUT2D eigenvalue weighted by atomic mass is 16.5. The molecule has 0 fully saturated rings. The lowest BCUT2D eigenvalue weighted by Gasteiger charge is -2.09. The smallest absolute Gasteiger partial charge is 0.486 e. The second kappa shape index (κ2) is 5.34. The van der Waals surface area contributed by atoms with Gasteiger partial charge in [0.1, 0.15) is 12.4 Å². The third kappa shape index (κ3) is 2.68. The van der Waals surface area contributed by atoms with Crippen molar-refractivity contribution in [3.63, 3.8) is 0 Å². The molecule has 0 atom stereocenters. The van der Waals surface area contributed by atoms with Gasteiger partial charge in [-0.25, -0.2) is 0 Å². The van der Waals surface area contributed by atoms with Crippen LogP contribution < -0.4 is 10.2 Å². The molecule has 0 spiro atoms. The monoisotopic (exact) mass is 234 g/mol. The number of Topliss-reactive ketones (excluding diaryl/α,β-unsaturated/α-hetero) is 1. The summed E-state index contributed by atoms with van der Waals surface area (Å²) in [6.45, 7) is 2.39. The van der Waals surface area contributed by atoms with Gasteiger partial charge in [0.25, 0.3) is 0 Å². The number of hydrogen-bond acceptors (Lipinski definition) is 4. The minimum Gasteiger partial charge on any atom is -0.486 e. The summed E-state index contributed by atoms with van der Waals surface area (Å²) < 4.78 is 10.6. The van der Waals surface area contributed by atoms with Crippen molar-refractivity contribution in [2.24, 2.45) is 0 Å². The zero-order chi connectivity index (χ0) is 12.3.